The fourth-order valence-electron chi connectivity index (χ4n) is 3.84. The molecule has 0 saturated heterocycles. The van der Waals surface area contributed by atoms with Crippen molar-refractivity contribution in [2.45, 2.75) is 53.1 Å². The highest BCUT2D eigenvalue weighted by atomic mass is 16.2. The van der Waals surface area contributed by atoms with Crippen molar-refractivity contribution < 1.29 is 9.59 Å². The molecular weight excluding hydrogens is 378 g/mol. The lowest BCUT2D eigenvalue weighted by Gasteiger charge is -2.31. The molecule has 1 atom stereocenters. The highest BCUT2D eigenvalue weighted by Gasteiger charge is 2.37. The number of benzene rings is 1. The van der Waals surface area contributed by atoms with Gasteiger partial charge in [-0.05, 0) is 46.4 Å². The van der Waals surface area contributed by atoms with Crippen molar-refractivity contribution in [1.29, 1.82) is 0 Å². The number of amides is 2. The Balaban J connectivity index is 2.22. The Bertz CT molecular complexity index is 978. The van der Waals surface area contributed by atoms with E-state index in [0.717, 1.165) is 17.7 Å². The first-order chi connectivity index (χ1) is 14.3. The van der Waals surface area contributed by atoms with Crippen molar-refractivity contribution in [3.05, 3.63) is 47.8 Å². The van der Waals surface area contributed by atoms with E-state index in [1.165, 1.54) is 0 Å². The van der Waals surface area contributed by atoms with Crippen LogP contribution in [-0.2, 0) is 17.8 Å². The van der Waals surface area contributed by atoms with Gasteiger partial charge in [0.2, 0.25) is 5.91 Å². The molecule has 7 nitrogen and oxygen atoms in total. The number of anilines is 3. The lowest BCUT2D eigenvalue weighted by Crippen LogP contribution is -2.44. The Morgan fingerprint density at radius 2 is 2.00 bits per heavy atom. The summed E-state index contributed by atoms with van der Waals surface area (Å²) < 4.78 is 1.70. The average molecular weight is 410 g/mol. The molecule has 2 amide bonds. The van der Waals surface area contributed by atoms with Crippen LogP contribution in [0, 0.1) is 0 Å². The van der Waals surface area contributed by atoms with Crippen LogP contribution >= 0.6 is 0 Å². The monoisotopic (exact) mass is 409 g/mol. The summed E-state index contributed by atoms with van der Waals surface area (Å²) in [7, 11) is 1.91. The summed E-state index contributed by atoms with van der Waals surface area (Å²) in [4.78, 5) is 30.6. The molecule has 0 bridgehead atoms. The fraction of sp³-hybridized carbons (Fsp3) is 0.435. The summed E-state index contributed by atoms with van der Waals surface area (Å²) in [6.07, 6.45) is 1.55. The number of likely N-dealkylation sites (N-methyl/N-ethyl adjacent to an activating group) is 1. The number of nitrogens with zero attached hydrogens (tertiary/aromatic N) is 4. The molecule has 160 valence electrons. The second kappa shape index (κ2) is 8.83. The van der Waals surface area contributed by atoms with E-state index in [2.05, 4.69) is 23.9 Å². The minimum atomic E-state index is -0.407. The van der Waals surface area contributed by atoms with Crippen molar-refractivity contribution in [1.82, 2.24) is 14.7 Å². The Morgan fingerprint density at radius 3 is 2.63 bits per heavy atom. The summed E-state index contributed by atoms with van der Waals surface area (Å²) in [5.41, 5.74) is 4.06. The number of aryl methyl sites for hydroxylation is 2. The topological polar surface area (TPSA) is 70.5 Å². The van der Waals surface area contributed by atoms with Crippen LogP contribution in [-0.4, -0.2) is 46.1 Å². The minimum Gasteiger partial charge on any atom is -0.319 e. The molecule has 2 aromatic rings. The van der Waals surface area contributed by atoms with Gasteiger partial charge < -0.3 is 5.32 Å². The van der Waals surface area contributed by atoms with Crippen molar-refractivity contribution in [3.8, 4) is 0 Å². The molecule has 0 saturated carbocycles. The van der Waals surface area contributed by atoms with E-state index in [1.807, 2.05) is 57.0 Å². The Labute approximate surface area is 178 Å². The molecule has 3 rings (SSSR count). The van der Waals surface area contributed by atoms with E-state index >= 15 is 0 Å². The van der Waals surface area contributed by atoms with Gasteiger partial charge in [-0.15, -0.1) is 0 Å². The molecule has 2 heterocycles. The summed E-state index contributed by atoms with van der Waals surface area (Å²) in [6, 6.07) is 7.02. The summed E-state index contributed by atoms with van der Waals surface area (Å²) >= 11 is 0. The molecule has 1 unspecified atom stereocenters. The number of para-hydroxylation sites is 2. The number of carbonyl (C=O) groups excluding carboxylic acids is 2. The van der Waals surface area contributed by atoms with Gasteiger partial charge in [-0.25, -0.2) is 0 Å². The summed E-state index contributed by atoms with van der Waals surface area (Å²) in [5, 5.41) is 7.66. The predicted molar refractivity (Wildman–Crippen MR) is 120 cm³/mol. The maximum Gasteiger partial charge on any atom is 0.276 e. The number of nitrogens with one attached hydrogen (secondary N) is 1. The highest BCUT2D eigenvalue weighted by Crippen LogP contribution is 2.40. The molecule has 1 N–H and O–H groups in total. The number of carbonyl (C=O) groups is 2. The maximum atomic E-state index is 13.8. The molecule has 1 aliphatic heterocycles. The largest absolute Gasteiger partial charge is 0.319 e. The van der Waals surface area contributed by atoms with E-state index in [-0.39, 0.29) is 11.8 Å². The molecule has 0 radical (unpaired) electrons. The first-order valence-electron chi connectivity index (χ1n) is 10.5. The fourth-order valence-corrected chi connectivity index (χ4v) is 3.84. The van der Waals surface area contributed by atoms with Crippen molar-refractivity contribution in [2.75, 3.05) is 23.8 Å². The molecule has 7 heteroatoms. The number of fused-ring (bicyclic) bond motifs is 2. The molecule has 1 aromatic heterocycles. The van der Waals surface area contributed by atoms with Crippen LogP contribution in [0.1, 0.15) is 50.3 Å². The van der Waals surface area contributed by atoms with Gasteiger partial charge in [0.1, 0.15) is 5.69 Å². The van der Waals surface area contributed by atoms with Gasteiger partial charge in [0.25, 0.3) is 5.91 Å². The molecular formula is C23H31N5O2. The zero-order valence-electron chi connectivity index (χ0n) is 18.5. The maximum absolute atomic E-state index is 13.8. The van der Waals surface area contributed by atoms with Crippen molar-refractivity contribution in [2.24, 2.45) is 0 Å². The number of aromatic nitrogens is 2. The van der Waals surface area contributed by atoms with Crippen LogP contribution < -0.4 is 10.2 Å². The van der Waals surface area contributed by atoms with Gasteiger partial charge in [-0.1, -0.05) is 37.6 Å². The van der Waals surface area contributed by atoms with Crippen LogP contribution in [0.2, 0.25) is 0 Å². The normalized spacial score (nSPS) is 14.1. The van der Waals surface area contributed by atoms with E-state index < -0.39 is 6.04 Å². The molecule has 0 fully saturated rings. The predicted octanol–water partition coefficient (Wildman–Crippen LogP) is 3.98. The van der Waals surface area contributed by atoms with E-state index in [0.29, 0.717) is 42.3 Å². The van der Waals surface area contributed by atoms with E-state index in [1.54, 1.807) is 9.58 Å². The quantitative estimate of drug-likeness (QED) is 0.702. The summed E-state index contributed by atoms with van der Waals surface area (Å²) in [6.45, 7) is 13.0. The van der Waals surface area contributed by atoms with Crippen LogP contribution in [0.15, 0.2) is 36.4 Å². The second-order valence-electron chi connectivity index (χ2n) is 7.90. The van der Waals surface area contributed by atoms with Gasteiger partial charge in [-0.3, -0.25) is 24.1 Å². The smallest absolute Gasteiger partial charge is 0.276 e. The van der Waals surface area contributed by atoms with Gasteiger partial charge in [0, 0.05) is 13.1 Å². The van der Waals surface area contributed by atoms with Crippen LogP contribution in [0.3, 0.4) is 0 Å². The third kappa shape index (κ3) is 3.89. The van der Waals surface area contributed by atoms with Crippen LogP contribution in [0.4, 0.5) is 17.1 Å². The third-order valence-corrected chi connectivity index (χ3v) is 5.37. The minimum absolute atomic E-state index is 0.100. The van der Waals surface area contributed by atoms with Gasteiger partial charge in [0.15, 0.2) is 5.69 Å². The summed E-state index contributed by atoms with van der Waals surface area (Å²) in [5.74, 6) is -0.343. The SMILES string of the molecule is C=C(C)CN(C)C(C)C(=O)N1c2ccccc2NC(=O)c2c1c(CCC)nn2CC. The molecule has 1 aliphatic rings. The van der Waals surface area contributed by atoms with Crippen LogP contribution in [0.25, 0.3) is 0 Å². The first-order valence-corrected chi connectivity index (χ1v) is 10.5. The second-order valence-corrected chi connectivity index (χ2v) is 7.90. The zero-order chi connectivity index (χ0) is 22.0. The van der Waals surface area contributed by atoms with Gasteiger partial charge in [-0.2, -0.15) is 5.10 Å². The Hall–Kier alpha value is -2.93. The standard InChI is InChI=1S/C23H31N5O2/c1-7-11-18-20-21(27(8-2)25-18)22(29)24-17-12-9-10-13-19(17)28(20)23(30)16(5)26(6)14-15(3)4/h9-10,12-13,16H,3,7-8,11,14H2,1-2,4-6H3,(H,24,29). The van der Waals surface area contributed by atoms with E-state index in [9.17, 15) is 9.59 Å². The number of hydrogen-bond donors (Lipinski definition) is 1. The average Bonchev–Trinajstić information content (AvgIpc) is 3.00. The molecule has 0 aliphatic carbocycles. The van der Waals surface area contributed by atoms with Gasteiger partial charge >= 0.3 is 0 Å². The van der Waals surface area contributed by atoms with Crippen LogP contribution in [0.5, 0.6) is 0 Å². The molecule has 30 heavy (non-hydrogen) atoms. The van der Waals surface area contributed by atoms with E-state index in [4.69, 9.17) is 0 Å². The van der Waals surface area contributed by atoms with Crippen molar-refractivity contribution >= 4 is 28.9 Å². The Kier molecular flexibility index (Phi) is 6.41. The zero-order valence-corrected chi connectivity index (χ0v) is 18.5. The lowest BCUT2D eigenvalue weighted by atomic mass is 10.1. The highest BCUT2D eigenvalue weighted by molar-refractivity contribution is 6.18. The Morgan fingerprint density at radius 1 is 1.30 bits per heavy atom. The molecule has 0 spiro atoms. The third-order valence-electron chi connectivity index (χ3n) is 5.37. The molecule has 1 aromatic carbocycles. The lowest BCUT2D eigenvalue weighted by molar-refractivity contribution is -0.121. The van der Waals surface area contributed by atoms with Gasteiger partial charge in [0.05, 0.1) is 23.1 Å². The van der Waals surface area contributed by atoms with Crippen molar-refractivity contribution in [3.63, 3.8) is 0 Å². The number of hydrogen-bond acceptors (Lipinski definition) is 4. The number of rotatable bonds is 7. The first kappa shape index (κ1) is 21.8.